The molecular weight excluding hydrogens is 389 g/mol. The lowest BCUT2D eigenvalue weighted by molar-refractivity contribution is -0.384. The molecule has 9 heteroatoms. The molecule has 0 bridgehead atoms. The van der Waals surface area contributed by atoms with Crippen molar-refractivity contribution in [1.29, 1.82) is 0 Å². The normalized spacial score (nSPS) is 14.1. The summed E-state index contributed by atoms with van der Waals surface area (Å²) in [5, 5.41) is 10.8. The second kappa shape index (κ2) is 8.35. The Hall–Kier alpha value is -3.00. The summed E-state index contributed by atoms with van der Waals surface area (Å²) < 4.78 is 13.0. The van der Waals surface area contributed by atoms with Crippen LogP contribution in [0.3, 0.4) is 0 Å². The number of halogens is 2. The first kappa shape index (κ1) is 19.8. The van der Waals surface area contributed by atoms with E-state index >= 15 is 0 Å². The van der Waals surface area contributed by atoms with E-state index in [1.807, 2.05) is 0 Å². The van der Waals surface area contributed by atoms with Crippen LogP contribution in [0.4, 0.5) is 10.1 Å². The minimum atomic E-state index is -0.578. The number of non-ortho nitro benzene ring substituents is 1. The standard InChI is InChI=1S/C19H17ClFN3O4/c20-17-12-15(24(27)28)5-6-16(17)19(26)23-9-7-22(8-10-23)18(25)11-13-1-3-14(21)4-2-13/h1-6,12H,7-11H2. The summed E-state index contributed by atoms with van der Waals surface area (Å²) in [6, 6.07) is 9.50. The number of benzene rings is 2. The monoisotopic (exact) mass is 405 g/mol. The van der Waals surface area contributed by atoms with Gasteiger partial charge in [0.05, 0.1) is 21.9 Å². The first-order valence-corrected chi connectivity index (χ1v) is 8.98. The van der Waals surface area contributed by atoms with Crippen molar-refractivity contribution < 1.29 is 18.9 Å². The molecule has 1 saturated heterocycles. The zero-order valence-corrected chi connectivity index (χ0v) is 15.6. The quantitative estimate of drug-likeness (QED) is 0.578. The molecule has 0 atom stereocenters. The maximum Gasteiger partial charge on any atom is 0.270 e. The van der Waals surface area contributed by atoms with Gasteiger partial charge in [-0.15, -0.1) is 0 Å². The molecular formula is C19H17ClFN3O4. The van der Waals surface area contributed by atoms with Gasteiger partial charge in [0.1, 0.15) is 5.82 Å². The van der Waals surface area contributed by atoms with Gasteiger partial charge in [-0.05, 0) is 23.8 Å². The number of nitro groups is 1. The average Bonchev–Trinajstić information content (AvgIpc) is 2.69. The van der Waals surface area contributed by atoms with Gasteiger partial charge in [-0.25, -0.2) is 4.39 Å². The van der Waals surface area contributed by atoms with Crippen molar-refractivity contribution in [3.63, 3.8) is 0 Å². The summed E-state index contributed by atoms with van der Waals surface area (Å²) in [6.07, 6.45) is 0.169. The van der Waals surface area contributed by atoms with Crippen molar-refractivity contribution in [3.8, 4) is 0 Å². The van der Waals surface area contributed by atoms with Crippen LogP contribution in [0, 0.1) is 15.9 Å². The Bertz CT molecular complexity index is 912. The number of nitrogens with zero attached hydrogens (tertiary/aromatic N) is 3. The molecule has 0 aromatic heterocycles. The van der Waals surface area contributed by atoms with Crippen LogP contribution in [0.15, 0.2) is 42.5 Å². The molecule has 3 rings (SSSR count). The van der Waals surface area contributed by atoms with E-state index in [0.29, 0.717) is 26.2 Å². The zero-order chi connectivity index (χ0) is 20.3. The second-order valence-electron chi connectivity index (χ2n) is 6.40. The third-order valence-electron chi connectivity index (χ3n) is 4.58. The average molecular weight is 406 g/mol. The van der Waals surface area contributed by atoms with Crippen molar-refractivity contribution in [2.24, 2.45) is 0 Å². The van der Waals surface area contributed by atoms with Crippen LogP contribution in [0.25, 0.3) is 0 Å². The van der Waals surface area contributed by atoms with E-state index in [4.69, 9.17) is 11.6 Å². The molecule has 1 heterocycles. The van der Waals surface area contributed by atoms with Crippen molar-refractivity contribution in [3.05, 3.63) is 74.5 Å². The van der Waals surface area contributed by atoms with Crippen LogP contribution in [0.1, 0.15) is 15.9 Å². The van der Waals surface area contributed by atoms with Crippen molar-refractivity contribution in [2.75, 3.05) is 26.2 Å². The molecule has 0 unspecified atom stereocenters. The van der Waals surface area contributed by atoms with Crippen LogP contribution in [-0.4, -0.2) is 52.7 Å². The Kier molecular flexibility index (Phi) is 5.89. The van der Waals surface area contributed by atoms with Crippen LogP contribution in [-0.2, 0) is 11.2 Å². The van der Waals surface area contributed by atoms with Gasteiger partial charge in [-0.2, -0.15) is 0 Å². The molecule has 1 aliphatic heterocycles. The fraction of sp³-hybridized carbons (Fsp3) is 0.263. The molecule has 146 valence electrons. The Morgan fingerprint density at radius 3 is 2.21 bits per heavy atom. The minimum absolute atomic E-state index is 0.0222. The number of carbonyl (C=O) groups is 2. The minimum Gasteiger partial charge on any atom is -0.339 e. The van der Waals surface area contributed by atoms with Gasteiger partial charge in [-0.3, -0.25) is 19.7 Å². The molecule has 2 amide bonds. The molecule has 2 aromatic rings. The molecule has 7 nitrogen and oxygen atoms in total. The lowest BCUT2D eigenvalue weighted by Crippen LogP contribution is -2.51. The number of nitro benzene ring substituents is 1. The number of rotatable bonds is 4. The lowest BCUT2D eigenvalue weighted by Gasteiger charge is -2.35. The first-order chi connectivity index (χ1) is 13.3. The Morgan fingerprint density at radius 1 is 1.04 bits per heavy atom. The third kappa shape index (κ3) is 4.45. The molecule has 0 radical (unpaired) electrons. The molecule has 1 aliphatic rings. The van der Waals surface area contributed by atoms with Crippen LogP contribution in [0.2, 0.25) is 5.02 Å². The number of hydrogen-bond acceptors (Lipinski definition) is 4. The van der Waals surface area contributed by atoms with Gasteiger partial charge >= 0.3 is 0 Å². The van der Waals surface area contributed by atoms with Gasteiger partial charge in [0, 0.05) is 38.3 Å². The number of hydrogen-bond donors (Lipinski definition) is 0. The van der Waals surface area contributed by atoms with Crippen LogP contribution < -0.4 is 0 Å². The Balaban J connectivity index is 1.58. The molecule has 0 spiro atoms. The largest absolute Gasteiger partial charge is 0.339 e. The summed E-state index contributed by atoms with van der Waals surface area (Å²) in [7, 11) is 0. The Morgan fingerprint density at radius 2 is 1.64 bits per heavy atom. The maximum absolute atomic E-state index is 13.0. The summed E-state index contributed by atoms with van der Waals surface area (Å²) in [5.74, 6) is -0.772. The molecule has 28 heavy (non-hydrogen) atoms. The van der Waals surface area contributed by atoms with E-state index in [-0.39, 0.29) is 40.3 Å². The highest BCUT2D eigenvalue weighted by Crippen LogP contribution is 2.24. The molecule has 0 saturated carbocycles. The Labute approximate surface area is 165 Å². The topological polar surface area (TPSA) is 83.8 Å². The van der Waals surface area contributed by atoms with E-state index in [2.05, 4.69) is 0 Å². The van der Waals surface area contributed by atoms with Crippen molar-refractivity contribution in [2.45, 2.75) is 6.42 Å². The third-order valence-corrected chi connectivity index (χ3v) is 4.89. The van der Waals surface area contributed by atoms with E-state index < -0.39 is 4.92 Å². The van der Waals surface area contributed by atoms with Crippen LogP contribution in [0.5, 0.6) is 0 Å². The van der Waals surface area contributed by atoms with E-state index in [1.54, 1.807) is 21.9 Å². The summed E-state index contributed by atoms with van der Waals surface area (Å²) in [5.41, 5.74) is 0.735. The SMILES string of the molecule is O=C(Cc1ccc(F)cc1)N1CCN(C(=O)c2ccc([N+](=O)[O-])cc2Cl)CC1. The van der Waals surface area contributed by atoms with Crippen molar-refractivity contribution in [1.82, 2.24) is 9.80 Å². The van der Waals surface area contributed by atoms with E-state index in [9.17, 15) is 24.1 Å². The summed E-state index contributed by atoms with van der Waals surface area (Å²) in [4.78, 5) is 38.5. The van der Waals surface area contributed by atoms with Gasteiger partial charge in [0.15, 0.2) is 0 Å². The van der Waals surface area contributed by atoms with Gasteiger partial charge in [0.25, 0.3) is 11.6 Å². The lowest BCUT2D eigenvalue weighted by atomic mass is 10.1. The fourth-order valence-electron chi connectivity index (χ4n) is 3.01. The second-order valence-corrected chi connectivity index (χ2v) is 6.80. The number of piperazine rings is 1. The first-order valence-electron chi connectivity index (χ1n) is 8.60. The predicted molar refractivity (Wildman–Crippen MR) is 101 cm³/mol. The van der Waals surface area contributed by atoms with Gasteiger partial charge in [0.2, 0.25) is 5.91 Å². The summed E-state index contributed by atoms with van der Waals surface area (Å²) >= 11 is 6.02. The van der Waals surface area contributed by atoms with E-state index in [1.165, 1.54) is 24.3 Å². The number of amides is 2. The molecule has 0 aliphatic carbocycles. The fourth-order valence-corrected chi connectivity index (χ4v) is 3.26. The van der Waals surface area contributed by atoms with Crippen LogP contribution >= 0.6 is 11.6 Å². The highest BCUT2D eigenvalue weighted by Gasteiger charge is 2.26. The number of carbonyl (C=O) groups excluding carboxylic acids is 2. The highest BCUT2D eigenvalue weighted by atomic mass is 35.5. The van der Waals surface area contributed by atoms with Gasteiger partial charge < -0.3 is 9.80 Å². The summed E-state index contributed by atoms with van der Waals surface area (Å²) in [6.45, 7) is 1.41. The van der Waals surface area contributed by atoms with Crippen molar-refractivity contribution >= 4 is 29.1 Å². The predicted octanol–water partition coefficient (Wildman–Crippen LogP) is 2.91. The molecule has 2 aromatic carbocycles. The van der Waals surface area contributed by atoms with Gasteiger partial charge in [-0.1, -0.05) is 23.7 Å². The molecule has 1 fully saturated rings. The highest BCUT2D eigenvalue weighted by molar-refractivity contribution is 6.34. The molecule has 0 N–H and O–H groups in total. The zero-order valence-electron chi connectivity index (χ0n) is 14.8. The van der Waals surface area contributed by atoms with E-state index in [0.717, 1.165) is 11.6 Å². The smallest absolute Gasteiger partial charge is 0.270 e. The maximum atomic E-state index is 13.0.